The standard InChI is InChI=1S/C15H5F13O/c16-10(17,9(29)7-6-8-4-2-1-3-5-8)11(18,19)12(20,21)13(22,23)14(24,25)15(26,27)28/h1-5H. The van der Waals surface area contributed by atoms with Gasteiger partial charge in [-0.25, -0.2) is 0 Å². The summed E-state index contributed by atoms with van der Waals surface area (Å²) in [6, 6.07) is 5.79. The Kier molecular flexibility index (Phi) is 6.02. The van der Waals surface area contributed by atoms with E-state index in [2.05, 4.69) is 0 Å². The zero-order chi connectivity index (χ0) is 23.1. The van der Waals surface area contributed by atoms with E-state index in [1.165, 1.54) is 24.1 Å². The Morgan fingerprint density at radius 1 is 0.621 bits per heavy atom. The molecule has 1 nitrogen and oxygen atoms in total. The first-order valence-electron chi connectivity index (χ1n) is 6.82. The molecule has 0 N–H and O–H groups in total. The first-order chi connectivity index (χ1) is 12.7. The van der Waals surface area contributed by atoms with Crippen LogP contribution >= 0.6 is 0 Å². The largest absolute Gasteiger partial charge is 0.460 e. The van der Waals surface area contributed by atoms with E-state index in [9.17, 15) is 61.9 Å². The number of hydrogen-bond acceptors (Lipinski definition) is 1. The molecule has 162 valence electrons. The van der Waals surface area contributed by atoms with Crippen molar-refractivity contribution >= 4 is 5.78 Å². The van der Waals surface area contributed by atoms with Crippen LogP contribution in [0.25, 0.3) is 0 Å². The van der Waals surface area contributed by atoms with Crippen molar-refractivity contribution in [2.75, 3.05) is 0 Å². The molecule has 0 aliphatic carbocycles. The number of hydrogen-bond donors (Lipinski definition) is 0. The first kappa shape index (κ1) is 24.6. The molecule has 0 amide bonds. The van der Waals surface area contributed by atoms with E-state index in [4.69, 9.17) is 0 Å². The Morgan fingerprint density at radius 2 is 1.03 bits per heavy atom. The molecule has 1 rings (SSSR count). The highest BCUT2D eigenvalue weighted by Crippen LogP contribution is 2.60. The molecule has 0 heterocycles. The van der Waals surface area contributed by atoms with Gasteiger partial charge in [-0.1, -0.05) is 24.1 Å². The van der Waals surface area contributed by atoms with Crippen LogP contribution in [0.5, 0.6) is 0 Å². The second kappa shape index (κ2) is 7.10. The Balaban J connectivity index is 3.43. The van der Waals surface area contributed by atoms with E-state index in [1.54, 1.807) is 0 Å². The third-order valence-electron chi connectivity index (χ3n) is 3.31. The summed E-state index contributed by atoms with van der Waals surface area (Å²) >= 11 is 0. The second-order valence-electron chi connectivity index (χ2n) is 5.31. The van der Waals surface area contributed by atoms with Crippen molar-refractivity contribution in [3.63, 3.8) is 0 Å². The van der Waals surface area contributed by atoms with Gasteiger partial charge in [0.15, 0.2) is 0 Å². The lowest BCUT2D eigenvalue weighted by atomic mass is 9.92. The predicted octanol–water partition coefficient (Wildman–Crippen LogP) is 5.35. The third-order valence-corrected chi connectivity index (χ3v) is 3.31. The maximum absolute atomic E-state index is 13.5. The number of ketones is 1. The Morgan fingerprint density at radius 3 is 1.45 bits per heavy atom. The van der Waals surface area contributed by atoms with Crippen molar-refractivity contribution in [2.45, 2.75) is 35.8 Å². The normalized spacial score (nSPS) is 14.2. The van der Waals surface area contributed by atoms with E-state index in [0.717, 1.165) is 18.1 Å². The Hall–Kier alpha value is -2.46. The minimum atomic E-state index is -8.06. The zero-order valence-corrected chi connectivity index (χ0v) is 13.2. The molecule has 0 aromatic heterocycles. The van der Waals surface area contributed by atoms with Crippen molar-refractivity contribution in [1.29, 1.82) is 0 Å². The molecule has 1 aromatic rings. The van der Waals surface area contributed by atoms with Crippen molar-refractivity contribution in [3.05, 3.63) is 35.9 Å². The fraction of sp³-hybridized carbons (Fsp3) is 0.400. The molecule has 0 atom stereocenters. The monoisotopic (exact) mass is 448 g/mol. The third kappa shape index (κ3) is 3.74. The first-order valence-corrected chi connectivity index (χ1v) is 6.82. The fourth-order valence-electron chi connectivity index (χ4n) is 1.64. The molecule has 0 saturated heterocycles. The number of halogens is 13. The van der Waals surface area contributed by atoms with Crippen LogP contribution in [0.3, 0.4) is 0 Å². The van der Waals surface area contributed by atoms with Crippen LogP contribution in [-0.4, -0.2) is 41.6 Å². The van der Waals surface area contributed by atoms with Crippen LogP contribution in [0, 0.1) is 11.8 Å². The summed E-state index contributed by atoms with van der Waals surface area (Å²) in [5, 5.41) is 0. The molecule has 0 saturated carbocycles. The summed E-state index contributed by atoms with van der Waals surface area (Å²) < 4.78 is 167. The number of rotatable bonds is 5. The number of Topliss-reactive ketones (excluding diaryl/α,β-unsaturated/α-hetero) is 1. The van der Waals surface area contributed by atoms with Crippen molar-refractivity contribution in [3.8, 4) is 11.8 Å². The summed E-state index contributed by atoms with van der Waals surface area (Å²) in [7, 11) is 0. The molecular formula is C15H5F13O. The molecule has 0 aliphatic heterocycles. The molecule has 0 bridgehead atoms. The molecule has 1 aromatic carbocycles. The average Bonchev–Trinajstić information content (AvgIpc) is 2.58. The van der Waals surface area contributed by atoms with Gasteiger partial charge in [-0.2, -0.15) is 57.1 Å². The zero-order valence-electron chi connectivity index (χ0n) is 13.2. The van der Waals surface area contributed by atoms with Gasteiger partial charge < -0.3 is 0 Å². The van der Waals surface area contributed by atoms with Crippen molar-refractivity contribution in [2.24, 2.45) is 0 Å². The number of alkyl halides is 13. The van der Waals surface area contributed by atoms with Gasteiger partial charge in [0, 0.05) is 5.56 Å². The number of carbonyl (C=O) groups excluding carboxylic acids is 1. The van der Waals surface area contributed by atoms with Gasteiger partial charge in [0.25, 0.3) is 5.78 Å². The lowest BCUT2D eigenvalue weighted by Crippen LogP contribution is -2.71. The SMILES string of the molecule is O=C(C#Cc1ccccc1)C(F)(F)C(F)(F)C(F)(F)C(F)(F)C(F)(F)C(F)(F)F. The lowest BCUT2D eigenvalue weighted by Gasteiger charge is -2.38. The van der Waals surface area contributed by atoms with Gasteiger partial charge in [0.05, 0.1) is 0 Å². The van der Waals surface area contributed by atoms with Crippen LogP contribution < -0.4 is 0 Å². The minimum absolute atomic E-state index is 0.305. The smallest absolute Gasteiger partial charge is 0.278 e. The molecule has 14 heteroatoms. The van der Waals surface area contributed by atoms with Crippen LogP contribution in [0.15, 0.2) is 30.3 Å². The molecule has 0 aliphatic rings. The minimum Gasteiger partial charge on any atom is -0.278 e. The molecule has 0 unspecified atom stereocenters. The van der Waals surface area contributed by atoms with Gasteiger partial charge in [-0.15, -0.1) is 0 Å². The highest BCUT2D eigenvalue weighted by molar-refractivity contribution is 6.02. The Bertz CT molecular complexity index is 812. The van der Waals surface area contributed by atoms with Gasteiger partial charge >= 0.3 is 35.8 Å². The molecule has 0 spiro atoms. The summed E-state index contributed by atoms with van der Waals surface area (Å²) in [4.78, 5) is 11.1. The van der Waals surface area contributed by atoms with Gasteiger partial charge in [-0.05, 0) is 18.1 Å². The van der Waals surface area contributed by atoms with Crippen molar-refractivity contribution in [1.82, 2.24) is 0 Å². The summed E-state index contributed by atoms with van der Waals surface area (Å²) in [5.74, 6) is -39.7. The highest BCUT2D eigenvalue weighted by Gasteiger charge is 2.91. The summed E-state index contributed by atoms with van der Waals surface area (Å²) in [6.45, 7) is 0. The average molecular weight is 448 g/mol. The van der Waals surface area contributed by atoms with Crippen molar-refractivity contribution < 1.29 is 61.9 Å². The molecular weight excluding hydrogens is 443 g/mol. The van der Waals surface area contributed by atoms with E-state index < -0.39 is 41.6 Å². The number of benzene rings is 1. The second-order valence-corrected chi connectivity index (χ2v) is 5.31. The Labute approximate surface area is 152 Å². The summed E-state index contributed by atoms with van der Waals surface area (Å²) in [5.41, 5.74) is -0.305. The topological polar surface area (TPSA) is 17.1 Å². The van der Waals surface area contributed by atoms with Crippen LogP contribution in [0.1, 0.15) is 5.56 Å². The van der Waals surface area contributed by atoms with E-state index in [0.29, 0.717) is 0 Å². The van der Waals surface area contributed by atoms with Gasteiger partial charge in [0.2, 0.25) is 0 Å². The van der Waals surface area contributed by atoms with Gasteiger partial charge in [-0.3, -0.25) is 4.79 Å². The van der Waals surface area contributed by atoms with E-state index in [1.807, 2.05) is 0 Å². The fourth-order valence-corrected chi connectivity index (χ4v) is 1.64. The number of carbonyl (C=O) groups is 1. The van der Waals surface area contributed by atoms with E-state index in [-0.39, 0.29) is 5.56 Å². The maximum atomic E-state index is 13.5. The predicted molar refractivity (Wildman–Crippen MR) is 69.1 cm³/mol. The molecule has 29 heavy (non-hydrogen) atoms. The molecule has 0 radical (unpaired) electrons. The summed E-state index contributed by atoms with van der Waals surface area (Å²) in [6.07, 6.45) is -7.51. The lowest BCUT2D eigenvalue weighted by molar-refractivity contribution is -0.435. The van der Waals surface area contributed by atoms with Crippen LogP contribution in [-0.2, 0) is 4.79 Å². The highest BCUT2D eigenvalue weighted by atomic mass is 19.4. The molecule has 0 fully saturated rings. The van der Waals surface area contributed by atoms with Crippen LogP contribution in [0.2, 0.25) is 0 Å². The van der Waals surface area contributed by atoms with E-state index >= 15 is 0 Å². The quantitative estimate of drug-likeness (QED) is 0.439. The van der Waals surface area contributed by atoms with Gasteiger partial charge in [0.1, 0.15) is 0 Å². The van der Waals surface area contributed by atoms with Crippen LogP contribution in [0.4, 0.5) is 57.1 Å². The maximum Gasteiger partial charge on any atom is 0.460 e.